The molecule has 3 heterocycles. The second-order valence-electron chi connectivity index (χ2n) is 10.5. The Kier molecular flexibility index (Phi) is 6.25. The monoisotopic (exact) mass is 423 g/mol. The van der Waals surface area contributed by atoms with Gasteiger partial charge in [0.2, 0.25) is 5.95 Å². The first-order chi connectivity index (χ1) is 15.1. The molecular formula is C26H41N5. The molecule has 3 aliphatic rings. The second kappa shape index (κ2) is 9.11. The van der Waals surface area contributed by atoms with Gasteiger partial charge >= 0.3 is 0 Å². The molecule has 170 valence electrons. The quantitative estimate of drug-likeness (QED) is 0.700. The van der Waals surface area contributed by atoms with Gasteiger partial charge in [0.25, 0.3) is 0 Å². The zero-order chi connectivity index (χ0) is 21.3. The SMILES string of the molecule is CN1CCN(c2nc3ccccc3n2C2CCN(C3(C)CCCCCCC3)CC2)CC1. The largest absolute Gasteiger partial charge is 0.340 e. The lowest BCUT2D eigenvalue weighted by Gasteiger charge is -2.46. The molecular weight excluding hydrogens is 382 g/mol. The predicted octanol–water partition coefficient (Wildman–Crippen LogP) is 4.93. The molecule has 1 aliphatic carbocycles. The van der Waals surface area contributed by atoms with Crippen molar-refractivity contribution < 1.29 is 0 Å². The molecule has 0 amide bonds. The highest BCUT2D eigenvalue weighted by molar-refractivity contribution is 5.79. The average molecular weight is 424 g/mol. The number of fused-ring (bicyclic) bond motifs is 1. The van der Waals surface area contributed by atoms with E-state index >= 15 is 0 Å². The van der Waals surface area contributed by atoms with E-state index in [1.807, 2.05) is 0 Å². The van der Waals surface area contributed by atoms with Crippen molar-refractivity contribution in [1.82, 2.24) is 19.4 Å². The summed E-state index contributed by atoms with van der Waals surface area (Å²) in [5.74, 6) is 1.21. The van der Waals surface area contributed by atoms with E-state index in [-0.39, 0.29) is 0 Å². The number of benzene rings is 1. The van der Waals surface area contributed by atoms with Gasteiger partial charge in [-0.3, -0.25) is 4.90 Å². The van der Waals surface area contributed by atoms with Crippen LogP contribution in [-0.4, -0.2) is 71.2 Å². The molecule has 2 aromatic rings. The summed E-state index contributed by atoms with van der Waals surface area (Å²) in [5, 5.41) is 0. The lowest BCUT2D eigenvalue weighted by atomic mass is 9.82. The van der Waals surface area contributed by atoms with E-state index in [2.05, 4.69) is 57.5 Å². The Balaban J connectivity index is 1.36. The van der Waals surface area contributed by atoms with Gasteiger partial charge in [-0.15, -0.1) is 0 Å². The summed E-state index contributed by atoms with van der Waals surface area (Å²) < 4.78 is 2.61. The van der Waals surface area contributed by atoms with E-state index in [9.17, 15) is 0 Å². The summed E-state index contributed by atoms with van der Waals surface area (Å²) in [5.41, 5.74) is 2.90. The fourth-order valence-corrected chi connectivity index (χ4v) is 6.27. The maximum Gasteiger partial charge on any atom is 0.206 e. The first-order valence-corrected chi connectivity index (χ1v) is 12.8. The number of nitrogens with zero attached hydrogens (tertiary/aromatic N) is 5. The van der Waals surface area contributed by atoms with E-state index in [1.165, 1.54) is 82.3 Å². The number of piperidine rings is 1. The summed E-state index contributed by atoms with van der Waals surface area (Å²) in [6.45, 7) is 9.43. The van der Waals surface area contributed by atoms with Crippen molar-refractivity contribution >= 4 is 17.0 Å². The van der Waals surface area contributed by atoms with E-state index in [1.54, 1.807) is 0 Å². The number of imidazole rings is 1. The van der Waals surface area contributed by atoms with Gasteiger partial charge in [-0.1, -0.05) is 44.2 Å². The van der Waals surface area contributed by atoms with Crippen molar-refractivity contribution in [3.8, 4) is 0 Å². The van der Waals surface area contributed by atoms with Gasteiger partial charge in [0, 0.05) is 50.8 Å². The van der Waals surface area contributed by atoms with E-state index in [0.717, 1.165) is 31.7 Å². The number of anilines is 1. The Labute approximate surface area is 188 Å². The fraction of sp³-hybridized carbons (Fsp3) is 0.731. The van der Waals surface area contributed by atoms with Crippen LogP contribution in [0.4, 0.5) is 5.95 Å². The first kappa shape index (κ1) is 21.3. The Bertz CT molecular complexity index is 850. The van der Waals surface area contributed by atoms with E-state index in [4.69, 9.17) is 4.98 Å². The molecule has 5 heteroatoms. The third-order valence-electron chi connectivity index (χ3n) is 8.39. The van der Waals surface area contributed by atoms with Crippen LogP contribution >= 0.6 is 0 Å². The smallest absolute Gasteiger partial charge is 0.206 e. The minimum atomic E-state index is 0.419. The predicted molar refractivity (Wildman–Crippen MR) is 130 cm³/mol. The van der Waals surface area contributed by atoms with Crippen LogP contribution < -0.4 is 4.90 Å². The molecule has 1 aromatic carbocycles. The summed E-state index contributed by atoms with van der Waals surface area (Å²) in [6.07, 6.45) is 12.4. The van der Waals surface area contributed by atoms with E-state index in [0.29, 0.717) is 11.6 Å². The Morgan fingerprint density at radius 2 is 1.48 bits per heavy atom. The summed E-state index contributed by atoms with van der Waals surface area (Å²) in [6, 6.07) is 9.35. The van der Waals surface area contributed by atoms with Crippen LogP contribution in [0.15, 0.2) is 24.3 Å². The van der Waals surface area contributed by atoms with Crippen molar-refractivity contribution in [2.45, 2.75) is 76.3 Å². The van der Waals surface area contributed by atoms with Gasteiger partial charge in [0.15, 0.2) is 0 Å². The molecule has 5 rings (SSSR count). The standard InChI is InChI=1S/C26H41N5/c1-26(14-8-4-3-5-9-15-26)30-16-12-22(13-17-30)31-24-11-7-6-10-23(24)27-25(31)29-20-18-28(2)19-21-29/h6-7,10-11,22H,3-5,8-9,12-21H2,1-2H3. The van der Waals surface area contributed by atoms with Gasteiger partial charge in [0.05, 0.1) is 11.0 Å². The molecule has 5 nitrogen and oxygen atoms in total. The topological polar surface area (TPSA) is 27.5 Å². The Morgan fingerprint density at radius 1 is 0.839 bits per heavy atom. The minimum absolute atomic E-state index is 0.419. The molecule has 31 heavy (non-hydrogen) atoms. The third kappa shape index (κ3) is 4.36. The van der Waals surface area contributed by atoms with Crippen molar-refractivity contribution in [2.24, 2.45) is 0 Å². The number of likely N-dealkylation sites (tertiary alicyclic amines) is 1. The molecule has 0 radical (unpaired) electrons. The lowest BCUT2D eigenvalue weighted by molar-refractivity contribution is 0.0442. The van der Waals surface area contributed by atoms with Gasteiger partial charge in [-0.25, -0.2) is 4.98 Å². The van der Waals surface area contributed by atoms with Crippen molar-refractivity contribution in [1.29, 1.82) is 0 Å². The first-order valence-electron chi connectivity index (χ1n) is 12.8. The van der Waals surface area contributed by atoms with Crippen LogP contribution in [0.2, 0.25) is 0 Å². The molecule has 0 atom stereocenters. The zero-order valence-electron chi connectivity index (χ0n) is 19.7. The normalized spacial score (nSPS) is 24.9. The van der Waals surface area contributed by atoms with Gasteiger partial charge in [-0.2, -0.15) is 0 Å². The van der Waals surface area contributed by atoms with Crippen LogP contribution in [0.25, 0.3) is 11.0 Å². The second-order valence-corrected chi connectivity index (χ2v) is 10.5. The molecule has 0 unspecified atom stereocenters. The highest BCUT2D eigenvalue weighted by atomic mass is 15.4. The van der Waals surface area contributed by atoms with Crippen LogP contribution in [0.5, 0.6) is 0 Å². The number of piperazine rings is 1. The highest BCUT2D eigenvalue weighted by Crippen LogP contribution is 2.38. The maximum atomic E-state index is 5.14. The van der Waals surface area contributed by atoms with Crippen molar-refractivity contribution in [2.75, 3.05) is 51.2 Å². The molecule has 1 aromatic heterocycles. The molecule has 1 saturated carbocycles. The minimum Gasteiger partial charge on any atom is -0.340 e. The number of para-hydroxylation sites is 2. The summed E-state index contributed by atoms with van der Waals surface area (Å²) in [7, 11) is 2.23. The van der Waals surface area contributed by atoms with Crippen LogP contribution in [0, 0.1) is 0 Å². The zero-order valence-corrected chi connectivity index (χ0v) is 19.7. The number of hydrogen-bond donors (Lipinski definition) is 0. The number of likely N-dealkylation sites (N-methyl/N-ethyl adjacent to an activating group) is 1. The molecule has 2 saturated heterocycles. The lowest BCUT2D eigenvalue weighted by Crippen LogP contribution is -2.51. The van der Waals surface area contributed by atoms with Crippen molar-refractivity contribution in [3.63, 3.8) is 0 Å². The Hall–Kier alpha value is -1.59. The molecule has 3 fully saturated rings. The van der Waals surface area contributed by atoms with Crippen LogP contribution in [-0.2, 0) is 0 Å². The fourth-order valence-electron chi connectivity index (χ4n) is 6.27. The summed E-state index contributed by atoms with van der Waals surface area (Å²) in [4.78, 5) is 12.9. The van der Waals surface area contributed by atoms with Crippen LogP contribution in [0.3, 0.4) is 0 Å². The molecule has 0 spiro atoms. The highest BCUT2D eigenvalue weighted by Gasteiger charge is 2.36. The van der Waals surface area contributed by atoms with Gasteiger partial charge in [-0.05, 0) is 51.8 Å². The van der Waals surface area contributed by atoms with Gasteiger partial charge < -0.3 is 14.4 Å². The molecule has 0 bridgehead atoms. The van der Waals surface area contributed by atoms with Crippen molar-refractivity contribution in [3.05, 3.63) is 24.3 Å². The maximum absolute atomic E-state index is 5.14. The number of rotatable bonds is 3. The molecule has 0 N–H and O–H groups in total. The number of hydrogen-bond acceptors (Lipinski definition) is 4. The third-order valence-corrected chi connectivity index (χ3v) is 8.39. The van der Waals surface area contributed by atoms with Crippen LogP contribution in [0.1, 0.15) is 70.8 Å². The summed E-state index contributed by atoms with van der Waals surface area (Å²) >= 11 is 0. The Morgan fingerprint density at radius 3 is 2.19 bits per heavy atom. The average Bonchev–Trinajstić information content (AvgIpc) is 3.17. The van der Waals surface area contributed by atoms with Gasteiger partial charge in [0.1, 0.15) is 0 Å². The number of aromatic nitrogens is 2. The van der Waals surface area contributed by atoms with E-state index < -0.39 is 0 Å². The molecule has 2 aliphatic heterocycles.